The molecule has 1 aromatic heterocycles. The molecular formula is C14H14F3N3O3. The number of nitrogens with zero attached hydrogens (tertiary/aromatic N) is 3. The smallest absolute Gasteiger partial charge is 0.490 e. The topological polar surface area (TPSA) is 75.4 Å². The van der Waals surface area contributed by atoms with E-state index in [2.05, 4.69) is 9.72 Å². The number of hydrogen-bond acceptors (Lipinski definition) is 5. The fourth-order valence-corrected chi connectivity index (χ4v) is 2.28. The maximum atomic E-state index is 12.4. The van der Waals surface area contributed by atoms with Gasteiger partial charge >= 0.3 is 6.36 Å². The monoisotopic (exact) mass is 329 g/mol. The first-order valence-electron chi connectivity index (χ1n) is 6.70. The molecule has 0 radical (unpaired) electrons. The molecule has 0 aromatic carbocycles. The third-order valence-corrected chi connectivity index (χ3v) is 3.23. The SMILES string of the molecule is CC(C)(OC(F)(F)F)C(=O)N1CCOc2c(C#N)cncc2C1. The second kappa shape index (κ2) is 6.04. The average molecular weight is 329 g/mol. The summed E-state index contributed by atoms with van der Waals surface area (Å²) in [6.45, 7) is 2.22. The largest absolute Gasteiger partial charge is 0.523 e. The lowest BCUT2D eigenvalue weighted by atomic mass is 10.1. The van der Waals surface area contributed by atoms with Gasteiger partial charge in [0, 0.05) is 18.0 Å². The summed E-state index contributed by atoms with van der Waals surface area (Å²) in [7, 11) is 0. The zero-order valence-corrected chi connectivity index (χ0v) is 12.5. The van der Waals surface area contributed by atoms with E-state index in [0.717, 1.165) is 13.8 Å². The van der Waals surface area contributed by atoms with E-state index in [0.29, 0.717) is 11.3 Å². The lowest BCUT2D eigenvalue weighted by molar-refractivity contribution is -0.355. The van der Waals surface area contributed by atoms with Gasteiger partial charge in [-0.15, -0.1) is 13.2 Å². The third-order valence-electron chi connectivity index (χ3n) is 3.23. The van der Waals surface area contributed by atoms with Crippen LogP contribution in [0, 0.1) is 11.3 Å². The summed E-state index contributed by atoms with van der Waals surface area (Å²) in [6.07, 6.45) is -2.18. The minimum Gasteiger partial charge on any atom is -0.490 e. The summed E-state index contributed by atoms with van der Waals surface area (Å²) < 4.78 is 46.7. The van der Waals surface area contributed by atoms with E-state index in [1.54, 1.807) is 0 Å². The maximum absolute atomic E-state index is 12.4. The van der Waals surface area contributed by atoms with Gasteiger partial charge in [0.25, 0.3) is 5.91 Å². The number of hydrogen-bond donors (Lipinski definition) is 0. The highest BCUT2D eigenvalue weighted by Crippen LogP contribution is 2.30. The first kappa shape index (κ1) is 17.0. The van der Waals surface area contributed by atoms with E-state index in [1.165, 1.54) is 17.3 Å². The standard InChI is InChI=1S/C14H14F3N3O3/c1-13(2,23-14(15,16)17)12(21)20-3-4-22-11-9(5-18)6-19-7-10(11)8-20/h6-7H,3-4,8H2,1-2H3. The Morgan fingerprint density at radius 3 is 2.74 bits per heavy atom. The molecule has 0 unspecified atom stereocenters. The molecule has 0 aliphatic carbocycles. The number of alkyl halides is 3. The van der Waals surface area contributed by atoms with E-state index < -0.39 is 17.9 Å². The van der Waals surface area contributed by atoms with Crippen molar-refractivity contribution < 1.29 is 27.4 Å². The molecule has 1 amide bonds. The Balaban J connectivity index is 2.25. The van der Waals surface area contributed by atoms with Crippen LogP contribution in [0.2, 0.25) is 0 Å². The van der Waals surface area contributed by atoms with E-state index in [4.69, 9.17) is 10.00 Å². The van der Waals surface area contributed by atoms with Crippen LogP contribution < -0.4 is 4.74 Å². The molecule has 0 saturated carbocycles. The fraction of sp³-hybridized carbons (Fsp3) is 0.500. The van der Waals surface area contributed by atoms with Gasteiger partial charge in [-0.2, -0.15) is 5.26 Å². The fourth-order valence-electron chi connectivity index (χ4n) is 2.28. The lowest BCUT2D eigenvalue weighted by Gasteiger charge is -2.31. The molecule has 2 rings (SSSR count). The molecule has 9 heteroatoms. The third kappa shape index (κ3) is 3.90. The van der Waals surface area contributed by atoms with Gasteiger partial charge in [-0.1, -0.05) is 0 Å². The zero-order valence-electron chi connectivity index (χ0n) is 12.5. The minimum absolute atomic E-state index is 0.0126. The van der Waals surface area contributed by atoms with E-state index in [9.17, 15) is 18.0 Å². The normalized spacial score (nSPS) is 15.2. The van der Waals surface area contributed by atoms with Crippen molar-refractivity contribution in [2.75, 3.05) is 13.2 Å². The number of pyridine rings is 1. The van der Waals surface area contributed by atoms with Gasteiger partial charge in [0.2, 0.25) is 0 Å². The zero-order chi connectivity index (χ0) is 17.3. The molecule has 23 heavy (non-hydrogen) atoms. The van der Waals surface area contributed by atoms with Gasteiger partial charge < -0.3 is 9.64 Å². The van der Waals surface area contributed by atoms with E-state index in [1.807, 2.05) is 6.07 Å². The van der Waals surface area contributed by atoms with Gasteiger partial charge in [-0.3, -0.25) is 14.5 Å². The number of fused-ring (bicyclic) bond motifs is 1. The number of carbonyl (C=O) groups is 1. The van der Waals surface area contributed by atoms with Crippen LogP contribution in [0.15, 0.2) is 12.4 Å². The van der Waals surface area contributed by atoms with Gasteiger partial charge in [0.05, 0.1) is 13.1 Å². The van der Waals surface area contributed by atoms with Gasteiger partial charge in [0.1, 0.15) is 24.0 Å². The van der Waals surface area contributed by atoms with Crippen LogP contribution in [0.1, 0.15) is 25.0 Å². The predicted octanol–water partition coefficient (Wildman–Crippen LogP) is 1.99. The highest BCUT2D eigenvalue weighted by atomic mass is 19.4. The summed E-state index contributed by atoms with van der Waals surface area (Å²) in [4.78, 5) is 17.4. The second-order valence-electron chi connectivity index (χ2n) is 5.42. The van der Waals surface area contributed by atoms with Crippen LogP contribution in [0.5, 0.6) is 5.75 Å². The second-order valence-corrected chi connectivity index (χ2v) is 5.42. The van der Waals surface area contributed by atoms with Crippen molar-refractivity contribution in [1.82, 2.24) is 9.88 Å². The molecule has 0 atom stereocenters. The minimum atomic E-state index is -4.92. The van der Waals surface area contributed by atoms with Gasteiger partial charge in [-0.05, 0) is 13.8 Å². The van der Waals surface area contributed by atoms with Crippen LogP contribution in [0.4, 0.5) is 13.2 Å². The quantitative estimate of drug-likeness (QED) is 0.829. The molecule has 0 fully saturated rings. The van der Waals surface area contributed by atoms with E-state index in [-0.39, 0.29) is 25.3 Å². The maximum Gasteiger partial charge on any atom is 0.523 e. The molecule has 2 heterocycles. The number of carbonyl (C=O) groups excluding carboxylic acids is 1. The Hall–Kier alpha value is -2.34. The summed E-state index contributed by atoms with van der Waals surface area (Å²) in [6, 6.07) is 1.92. The number of halogens is 3. The molecule has 1 aromatic rings. The van der Waals surface area contributed by atoms with Crippen molar-refractivity contribution in [3.8, 4) is 11.8 Å². The Labute approximate surface area is 130 Å². The first-order valence-corrected chi connectivity index (χ1v) is 6.70. The van der Waals surface area contributed by atoms with Crippen LogP contribution in [0.3, 0.4) is 0 Å². The Morgan fingerprint density at radius 2 is 2.13 bits per heavy atom. The molecule has 0 saturated heterocycles. The molecule has 6 nitrogen and oxygen atoms in total. The number of rotatable bonds is 2. The van der Waals surface area contributed by atoms with Crippen LogP contribution in [-0.2, 0) is 16.1 Å². The summed E-state index contributed by atoms with van der Waals surface area (Å²) in [5.74, 6) is -0.527. The van der Waals surface area contributed by atoms with Crippen LogP contribution in [0.25, 0.3) is 0 Å². The lowest BCUT2D eigenvalue weighted by Crippen LogP contribution is -2.49. The van der Waals surface area contributed by atoms with Crippen molar-refractivity contribution >= 4 is 5.91 Å². The van der Waals surface area contributed by atoms with Crippen molar-refractivity contribution in [2.24, 2.45) is 0 Å². The van der Waals surface area contributed by atoms with Crippen molar-refractivity contribution in [3.05, 3.63) is 23.5 Å². The Morgan fingerprint density at radius 1 is 1.43 bits per heavy atom. The van der Waals surface area contributed by atoms with Crippen molar-refractivity contribution in [3.63, 3.8) is 0 Å². The molecular weight excluding hydrogens is 315 g/mol. The average Bonchev–Trinajstić information content (AvgIpc) is 2.65. The molecule has 124 valence electrons. The molecule has 0 bridgehead atoms. The highest BCUT2D eigenvalue weighted by Gasteiger charge is 2.44. The number of nitriles is 1. The first-order chi connectivity index (χ1) is 10.6. The van der Waals surface area contributed by atoms with Crippen molar-refractivity contribution in [2.45, 2.75) is 32.4 Å². The van der Waals surface area contributed by atoms with Gasteiger partial charge in [-0.25, -0.2) is 0 Å². The van der Waals surface area contributed by atoms with Crippen molar-refractivity contribution in [1.29, 1.82) is 5.26 Å². The molecule has 0 N–H and O–H groups in total. The summed E-state index contributed by atoms with van der Waals surface area (Å²) in [5, 5.41) is 9.02. The molecule has 0 spiro atoms. The highest BCUT2D eigenvalue weighted by molar-refractivity contribution is 5.84. The number of ether oxygens (including phenoxy) is 2. The van der Waals surface area contributed by atoms with Crippen LogP contribution in [-0.4, -0.2) is 40.9 Å². The van der Waals surface area contributed by atoms with E-state index >= 15 is 0 Å². The summed E-state index contributed by atoms with van der Waals surface area (Å²) >= 11 is 0. The summed E-state index contributed by atoms with van der Waals surface area (Å²) in [5.41, 5.74) is -1.40. The molecule has 1 aliphatic heterocycles. The predicted molar refractivity (Wildman–Crippen MR) is 71.1 cm³/mol. The van der Waals surface area contributed by atoms with Gasteiger partial charge in [0.15, 0.2) is 5.60 Å². The Kier molecular flexibility index (Phi) is 4.47. The Bertz CT molecular complexity index is 653. The number of amides is 1. The molecule has 1 aliphatic rings. The number of aromatic nitrogens is 1. The van der Waals surface area contributed by atoms with Crippen LogP contribution >= 0.6 is 0 Å².